The van der Waals surface area contributed by atoms with E-state index in [0.29, 0.717) is 19.3 Å². The van der Waals surface area contributed by atoms with Crippen LogP contribution in [0.1, 0.15) is 29.6 Å². The molecule has 1 aromatic carbocycles. The van der Waals surface area contributed by atoms with Gasteiger partial charge in [-0.25, -0.2) is 0 Å². The van der Waals surface area contributed by atoms with Crippen molar-refractivity contribution in [2.75, 3.05) is 0 Å². The van der Waals surface area contributed by atoms with Crippen molar-refractivity contribution in [1.29, 1.82) is 0 Å². The Hall–Kier alpha value is -1.89. The van der Waals surface area contributed by atoms with E-state index in [1.165, 1.54) is 18.2 Å². The van der Waals surface area contributed by atoms with Gasteiger partial charge < -0.3 is 15.2 Å². The molecule has 0 saturated heterocycles. The number of halogens is 3. The van der Waals surface area contributed by atoms with Gasteiger partial charge in [0.2, 0.25) is 0 Å². The van der Waals surface area contributed by atoms with E-state index in [1.54, 1.807) is 0 Å². The van der Waals surface area contributed by atoms with Gasteiger partial charge in [-0.15, -0.1) is 0 Å². The number of rotatable bonds is 5. The van der Waals surface area contributed by atoms with Gasteiger partial charge in [-0.05, 0) is 37.5 Å². The van der Waals surface area contributed by atoms with Crippen LogP contribution in [0.5, 0.6) is 5.75 Å². The van der Waals surface area contributed by atoms with Crippen LogP contribution < -0.4 is 10.1 Å². The van der Waals surface area contributed by atoms with Gasteiger partial charge >= 0.3 is 12.6 Å². The third-order valence-electron chi connectivity index (χ3n) is 3.52. The maximum atomic E-state index is 12.4. The SMILES string of the molecule is O=C(N[C@@H]1CC[C@H](C(=O)O)C1)c1cc(Cl)ccc1OC(F)F. The first kappa shape index (κ1) is 16.5. The predicted molar refractivity (Wildman–Crippen MR) is 74.3 cm³/mol. The number of hydrogen-bond donors (Lipinski definition) is 2. The van der Waals surface area contributed by atoms with Gasteiger partial charge in [-0.1, -0.05) is 11.6 Å². The molecule has 1 aliphatic carbocycles. The molecule has 1 aliphatic rings. The number of carboxylic acid groups (broad SMARTS) is 1. The Balaban J connectivity index is 2.09. The summed E-state index contributed by atoms with van der Waals surface area (Å²) in [6.07, 6.45) is 1.30. The minimum atomic E-state index is -3.06. The maximum Gasteiger partial charge on any atom is 0.387 e. The second-order valence-electron chi connectivity index (χ2n) is 5.04. The summed E-state index contributed by atoms with van der Waals surface area (Å²) < 4.78 is 29.0. The first-order valence-corrected chi connectivity index (χ1v) is 7.02. The quantitative estimate of drug-likeness (QED) is 0.868. The topological polar surface area (TPSA) is 75.6 Å². The third kappa shape index (κ3) is 4.07. The number of nitrogens with one attached hydrogen (secondary N) is 1. The summed E-state index contributed by atoms with van der Waals surface area (Å²) in [5.41, 5.74) is -0.105. The lowest BCUT2D eigenvalue weighted by molar-refractivity contribution is -0.141. The molecule has 0 aliphatic heterocycles. The summed E-state index contributed by atoms with van der Waals surface area (Å²) in [4.78, 5) is 23.1. The molecule has 0 heterocycles. The normalized spacial score (nSPS) is 20.9. The summed E-state index contributed by atoms with van der Waals surface area (Å²) in [5, 5.41) is 11.8. The molecule has 2 N–H and O–H groups in total. The van der Waals surface area contributed by atoms with Crippen molar-refractivity contribution < 1.29 is 28.2 Å². The smallest absolute Gasteiger partial charge is 0.387 e. The summed E-state index contributed by atoms with van der Waals surface area (Å²) in [5.74, 6) is -2.29. The Morgan fingerprint density at radius 1 is 1.36 bits per heavy atom. The van der Waals surface area contributed by atoms with Gasteiger partial charge in [0, 0.05) is 11.1 Å². The van der Waals surface area contributed by atoms with Crippen LogP contribution in [-0.2, 0) is 4.79 Å². The molecule has 0 spiro atoms. The second kappa shape index (κ2) is 6.91. The molecule has 1 aromatic rings. The zero-order chi connectivity index (χ0) is 16.3. The molecule has 8 heteroatoms. The van der Waals surface area contributed by atoms with Crippen molar-refractivity contribution in [3.63, 3.8) is 0 Å². The van der Waals surface area contributed by atoms with Crippen molar-refractivity contribution in [2.45, 2.75) is 31.9 Å². The molecule has 1 saturated carbocycles. The number of benzene rings is 1. The standard InChI is InChI=1S/C14H14ClF2NO4/c15-8-2-4-11(22-14(16)17)10(6-8)12(19)18-9-3-1-7(5-9)13(20)21/h2,4,6-7,9,14H,1,3,5H2,(H,18,19)(H,20,21)/t7-,9+/m0/s1. The first-order valence-electron chi connectivity index (χ1n) is 6.65. The average Bonchev–Trinajstić information content (AvgIpc) is 2.89. The molecule has 22 heavy (non-hydrogen) atoms. The van der Waals surface area contributed by atoms with Crippen LogP contribution >= 0.6 is 11.6 Å². The highest BCUT2D eigenvalue weighted by atomic mass is 35.5. The molecule has 5 nitrogen and oxygen atoms in total. The Labute approximate surface area is 130 Å². The van der Waals surface area contributed by atoms with Gasteiger partial charge in [-0.3, -0.25) is 9.59 Å². The number of aliphatic carboxylic acids is 1. The van der Waals surface area contributed by atoms with Gasteiger partial charge in [0.1, 0.15) is 5.75 Å². The summed E-state index contributed by atoms with van der Waals surface area (Å²) in [6, 6.07) is 3.45. The van der Waals surface area contributed by atoms with Gasteiger partial charge in [0.25, 0.3) is 5.91 Å². The van der Waals surface area contributed by atoms with E-state index >= 15 is 0 Å². The van der Waals surface area contributed by atoms with Crippen LogP contribution in [0.15, 0.2) is 18.2 Å². The maximum absolute atomic E-state index is 12.4. The monoisotopic (exact) mass is 333 g/mol. The van der Waals surface area contributed by atoms with E-state index < -0.39 is 24.4 Å². The summed E-state index contributed by atoms with van der Waals surface area (Å²) in [6.45, 7) is -3.06. The number of carbonyl (C=O) groups is 2. The van der Waals surface area contributed by atoms with E-state index in [-0.39, 0.29) is 22.4 Å². The number of amides is 1. The molecule has 0 aromatic heterocycles. The Morgan fingerprint density at radius 2 is 2.09 bits per heavy atom. The lowest BCUT2D eigenvalue weighted by Crippen LogP contribution is -2.33. The molecule has 120 valence electrons. The van der Waals surface area contributed by atoms with Crippen LogP contribution in [0.2, 0.25) is 5.02 Å². The van der Waals surface area contributed by atoms with Crippen molar-refractivity contribution in [3.8, 4) is 5.75 Å². The lowest BCUT2D eigenvalue weighted by atomic mass is 10.1. The fourth-order valence-electron chi connectivity index (χ4n) is 2.48. The van der Waals surface area contributed by atoms with Gasteiger partial charge in [0.15, 0.2) is 0 Å². The Morgan fingerprint density at radius 3 is 2.68 bits per heavy atom. The van der Waals surface area contributed by atoms with Crippen LogP contribution in [0.3, 0.4) is 0 Å². The number of carbonyl (C=O) groups excluding carboxylic acids is 1. The minimum Gasteiger partial charge on any atom is -0.481 e. The van der Waals surface area contributed by atoms with E-state index in [1.807, 2.05) is 0 Å². The molecular weight excluding hydrogens is 320 g/mol. The molecule has 2 rings (SSSR count). The van der Waals surface area contributed by atoms with Crippen LogP contribution in [-0.4, -0.2) is 29.6 Å². The van der Waals surface area contributed by atoms with Gasteiger partial charge in [0.05, 0.1) is 11.5 Å². The van der Waals surface area contributed by atoms with Crippen molar-refractivity contribution >= 4 is 23.5 Å². The molecular formula is C14H14ClF2NO4. The van der Waals surface area contributed by atoms with E-state index in [4.69, 9.17) is 16.7 Å². The zero-order valence-electron chi connectivity index (χ0n) is 11.4. The van der Waals surface area contributed by atoms with Gasteiger partial charge in [-0.2, -0.15) is 8.78 Å². The summed E-state index contributed by atoms with van der Waals surface area (Å²) in [7, 11) is 0. The molecule has 0 unspecified atom stereocenters. The fourth-order valence-corrected chi connectivity index (χ4v) is 2.65. The number of carboxylic acids is 1. The van der Waals surface area contributed by atoms with E-state index in [0.717, 1.165) is 0 Å². The Kier molecular flexibility index (Phi) is 5.18. The molecule has 0 radical (unpaired) electrons. The first-order chi connectivity index (χ1) is 10.4. The third-order valence-corrected chi connectivity index (χ3v) is 3.75. The molecule has 2 atom stereocenters. The number of ether oxygens (including phenoxy) is 1. The second-order valence-corrected chi connectivity index (χ2v) is 5.47. The zero-order valence-corrected chi connectivity index (χ0v) is 12.1. The molecule has 1 amide bonds. The highest BCUT2D eigenvalue weighted by molar-refractivity contribution is 6.31. The van der Waals surface area contributed by atoms with Crippen molar-refractivity contribution in [3.05, 3.63) is 28.8 Å². The van der Waals surface area contributed by atoms with Crippen molar-refractivity contribution in [2.24, 2.45) is 5.92 Å². The average molecular weight is 334 g/mol. The van der Waals surface area contributed by atoms with E-state index in [9.17, 15) is 18.4 Å². The van der Waals surface area contributed by atoms with Crippen LogP contribution in [0, 0.1) is 5.92 Å². The number of alkyl halides is 2. The predicted octanol–water partition coefficient (Wildman–Crippen LogP) is 2.92. The van der Waals surface area contributed by atoms with Crippen LogP contribution in [0.4, 0.5) is 8.78 Å². The molecule has 0 bridgehead atoms. The minimum absolute atomic E-state index is 0.105. The fraction of sp³-hybridized carbons (Fsp3) is 0.429. The largest absolute Gasteiger partial charge is 0.481 e. The van der Waals surface area contributed by atoms with E-state index in [2.05, 4.69) is 10.1 Å². The summed E-state index contributed by atoms with van der Waals surface area (Å²) >= 11 is 5.78. The lowest BCUT2D eigenvalue weighted by Gasteiger charge is -2.15. The molecule has 1 fully saturated rings. The highest BCUT2D eigenvalue weighted by Crippen LogP contribution is 2.28. The number of hydrogen-bond acceptors (Lipinski definition) is 3. The van der Waals surface area contributed by atoms with Crippen LogP contribution in [0.25, 0.3) is 0 Å². The van der Waals surface area contributed by atoms with Crippen molar-refractivity contribution in [1.82, 2.24) is 5.32 Å². The highest BCUT2D eigenvalue weighted by Gasteiger charge is 2.31. The Bertz CT molecular complexity index is 582.